The van der Waals surface area contributed by atoms with E-state index in [-0.39, 0.29) is 17.5 Å². The highest BCUT2D eigenvalue weighted by Crippen LogP contribution is 2.22. The fourth-order valence-corrected chi connectivity index (χ4v) is 2.34. The molecule has 0 fully saturated rings. The minimum Gasteiger partial charge on any atom is -0.494 e. The molecule has 0 spiro atoms. The van der Waals surface area contributed by atoms with E-state index in [1.165, 1.54) is 13.2 Å². The number of hydrogen-bond acceptors (Lipinski definition) is 4. The third-order valence-corrected chi connectivity index (χ3v) is 3.38. The first-order valence-corrected chi connectivity index (χ1v) is 7.00. The molecule has 0 saturated carbocycles. The number of allylic oxidation sites excluding steroid dienone is 1. The number of nitrogens with one attached hydrogen (secondary N) is 1. The number of nitrogens with zero attached hydrogens (tertiary/aromatic N) is 1. The van der Waals surface area contributed by atoms with Gasteiger partial charge in [0.25, 0.3) is 0 Å². The summed E-state index contributed by atoms with van der Waals surface area (Å²) in [6.07, 6.45) is 5.39. The van der Waals surface area contributed by atoms with E-state index in [0.29, 0.717) is 6.61 Å². The van der Waals surface area contributed by atoms with Crippen molar-refractivity contribution in [3.63, 3.8) is 0 Å². The van der Waals surface area contributed by atoms with E-state index >= 15 is 0 Å². The molecule has 1 aromatic carbocycles. The van der Waals surface area contributed by atoms with Crippen LogP contribution in [0.4, 0.5) is 4.39 Å². The van der Waals surface area contributed by atoms with Gasteiger partial charge in [-0.25, -0.2) is 4.39 Å². The highest BCUT2D eigenvalue weighted by Gasteiger charge is 2.14. The highest BCUT2D eigenvalue weighted by atomic mass is 19.1. The lowest BCUT2D eigenvalue weighted by Gasteiger charge is -2.19. The van der Waals surface area contributed by atoms with Crippen molar-refractivity contribution in [1.82, 2.24) is 5.32 Å². The van der Waals surface area contributed by atoms with Gasteiger partial charge in [-0.05, 0) is 30.5 Å². The Morgan fingerprint density at radius 1 is 1.38 bits per heavy atom. The Labute approximate surface area is 124 Å². The monoisotopic (exact) mass is 292 g/mol. The minimum atomic E-state index is -0.322. The van der Waals surface area contributed by atoms with Crippen molar-refractivity contribution in [1.29, 1.82) is 0 Å². The fraction of sp³-hybridized carbons (Fsp3) is 0.438. The van der Waals surface area contributed by atoms with Crippen LogP contribution in [0.25, 0.3) is 0 Å². The van der Waals surface area contributed by atoms with E-state index in [1.807, 2.05) is 18.5 Å². The third-order valence-electron chi connectivity index (χ3n) is 3.38. The average Bonchev–Trinajstić information content (AvgIpc) is 2.48. The van der Waals surface area contributed by atoms with Gasteiger partial charge in [0, 0.05) is 37.7 Å². The van der Waals surface area contributed by atoms with Crippen LogP contribution >= 0.6 is 0 Å². The molecule has 0 aliphatic carbocycles. The number of aliphatic imine (C=N–C) groups is 1. The van der Waals surface area contributed by atoms with Crippen molar-refractivity contribution in [3.8, 4) is 5.75 Å². The molecule has 0 aromatic heterocycles. The smallest absolute Gasteiger partial charge is 0.165 e. The Morgan fingerprint density at radius 3 is 2.95 bits per heavy atom. The van der Waals surface area contributed by atoms with Crippen molar-refractivity contribution < 1.29 is 13.9 Å². The van der Waals surface area contributed by atoms with Gasteiger partial charge in [0.15, 0.2) is 11.6 Å². The van der Waals surface area contributed by atoms with Crippen LogP contribution in [0.3, 0.4) is 0 Å². The number of rotatable bonds is 7. The molecule has 1 N–H and O–H groups in total. The van der Waals surface area contributed by atoms with Gasteiger partial charge < -0.3 is 14.8 Å². The molecule has 21 heavy (non-hydrogen) atoms. The van der Waals surface area contributed by atoms with E-state index in [2.05, 4.69) is 10.3 Å². The average molecular weight is 292 g/mol. The van der Waals surface area contributed by atoms with E-state index in [9.17, 15) is 4.39 Å². The molecule has 1 unspecified atom stereocenters. The maximum absolute atomic E-state index is 13.7. The minimum absolute atomic E-state index is 0.271. The summed E-state index contributed by atoms with van der Waals surface area (Å²) in [6.45, 7) is 1.43. The lowest BCUT2D eigenvalue weighted by atomic mass is 9.94. The summed E-state index contributed by atoms with van der Waals surface area (Å²) in [4.78, 5) is 4.26. The van der Waals surface area contributed by atoms with Crippen LogP contribution in [-0.4, -0.2) is 33.6 Å². The maximum atomic E-state index is 13.7. The van der Waals surface area contributed by atoms with Crippen LogP contribution in [0, 0.1) is 11.7 Å². The van der Waals surface area contributed by atoms with Gasteiger partial charge in [-0.15, -0.1) is 0 Å². The Morgan fingerprint density at radius 2 is 2.24 bits per heavy atom. The number of benzene rings is 1. The molecule has 0 amide bonds. The van der Waals surface area contributed by atoms with Crippen molar-refractivity contribution >= 4 is 6.21 Å². The fourth-order valence-electron chi connectivity index (χ4n) is 2.34. The summed E-state index contributed by atoms with van der Waals surface area (Å²) in [5.41, 5.74) is 2.04. The standard InChI is InChI=1S/C16H21FN2O2/c1-20-6-5-19-14-8-13(10-18-11-14)7-12-3-4-16(21-2)15(17)9-12/h3-4,9-11,13,19H,5-8H2,1-2H3. The molecular formula is C16H21FN2O2. The first-order chi connectivity index (χ1) is 10.2. The second kappa shape index (κ2) is 7.78. The Bertz CT molecular complexity index is 529. The van der Waals surface area contributed by atoms with Crippen LogP contribution in [-0.2, 0) is 11.2 Å². The molecule has 5 heteroatoms. The summed E-state index contributed by atoms with van der Waals surface area (Å²) in [7, 11) is 3.14. The summed E-state index contributed by atoms with van der Waals surface area (Å²) in [6, 6.07) is 5.09. The van der Waals surface area contributed by atoms with Crippen LogP contribution in [0.5, 0.6) is 5.75 Å². The molecule has 114 valence electrons. The second-order valence-corrected chi connectivity index (χ2v) is 5.01. The molecule has 0 bridgehead atoms. The van der Waals surface area contributed by atoms with Crippen LogP contribution < -0.4 is 10.1 Å². The zero-order valence-corrected chi connectivity index (χ0v) is 12.4. The zero-order valence-electron chi connectivity index (χ0n) is 12.4. The number of ether oxygens (including phenoxy) is 2. The summed E-state index contributed by atoms with van der Waals surface area (Å²) in [5, 5.41) is 3.30. The first-order valence-electron chi connectivity index (χ1n) is 7.00. The molecule has 1 aliphatic rings. The predicted octanol–water partition coefficient (Wildman–Crippen LogP) is 2.54. The lowest BCUT2D eigenvalue weighted by molar-refractivity contribution is 0.201. The number of methoxy groups -OCH3 is 2. The van der Waals surface area contributed by atoms with E-state index in [0.717, 1.165) is 30.6 Å². The molecule has 0 radical (unpaired) electrons. The van der Waals surface area contributed by atoms with Gasteiger partial charge >= 0.3 is 0 Å². The van der Waals surface area contributed by atoms with Gasteiger partial charge in [-0.2, -0.15) is 0 Å². The van der Waals surface area contributed by atoms with Crippen molar-refractivity contribution in [3.05, 3.63) is 41.5 Å². The van der Waals surface area contributed by atoms with E-state index in [1.54, 1.807) is 13.2 Å². The lowest BCUT2D eigenvalue weighted by Crippen LogP contribution is -2.23. The van der Waals surface area contributed by atoms with Gasteiger partial charge in [0.05, 0.1) is 13.7 Å². The SMILES string of the molecule is COCCNC1=CN=CC(Cc2ccc(OC)c(F)c2)C1. The van der Waals surface area contributed by atoms with Crippen molar-refractivity contribution in [2.24, 2.45) is 10.9 Å². The maximum Gasteiger partial charge on any atom is 0.165 e. The Balaban J connectivity index is 1.91. The molecule has 2 rings (SSSR count). The molecular weight excluding hydrogens is 271 g/mol. The summed E-state index contributed by atoms with van der Waals surface area (Å²) in [5.74, 6) is 0.224. The van der Waals surface area contributed by atoms with Gasteiger partial charge in [-0.3, -0.25) is 4.99 Å². The predicted molar refractivity (Wildman–Crippen MR) is 81.2 cm³/mol. The molecule has 4 nitrogen and oxygen atoms in total. The Hall–Kier alpha value is -1.88. The number of halogens is 1. The van der Waals surface area contributed by atoms with Gasteiger partial charge in [0.2, 0.25) is 0 Å². The van der Waals surface area contributed by atoms with Crippen LogP contribution in [0.1, 0.15) is 12.0 Å². The van der Waals surface area contributed by atoms with Crippen LogP contribution in [0.15, 0.2) is 35.1 Å². The molecule has 1 heterocycles. The summed E-state index contributed by atoms with van der Waals surface area (Å²) < 4.78 is 23.6. The van der Waals surface area contributed by atoms with Gasteiger partial charge in [0.1, 0.15) is 0 Å². The van der Waals surface area contributed by atoms with E-state index < -0.39 is 0 Å². The first kappa shape index (κ1) is 15.5. The topological polar surface area (TPSA) is 42.8 Å². The molecule has 1 aromatic rings. The van der Waals surface area contributed by atoms with Gasteiger partial charge in [-0.1, -0.05) is 6.07 Å². The van der Waals surface area contributed by atoms with Crippen molar-refractivity contribution in [2.75, 3.05) is 27.4 Å². The number of hydrogen-bond donors (Lipinski definition) is 1. The third kappa shape index (κ3) is 4.56. The highest BCUT2D eigenvalue weighted by molar-refractivity contribution is 5.64. The summed E-state index contributed by atoms with van der Waals surface area (Å²) >= 11 is 0. The normalized spacial score (nSPS) is 17.5. The quantitative estimate of drug-likeness (QED) is 0.785. The van der Waals surface area contributed by atoms with E-state index in [4.69, 9.17) is 9.47 Å². The largest absolute Gasteiger partial charge is 0.494 e. The van der Waals surface area contributed by atoms with Crippen LogP contribution in [0.2, 0.25) is 0 Å². The Kier molecular flexibility index (Phi) is 5.75. The zero-order chi connectivity index (χ0) is 15.1. The van der Waals surface area contributed by atoms with Crippen molar-refractivity contribution in [2.45, 2.75) is 12.8 Å². The second-order valence-electron chi connectivity index (χ2n) is 5.01. The molecule has 1 atom stereocenters. The molecule has 1 aliphatic heterocycles. The molecule has 0 saturated heterocycles.